The molecule has 0 aliphatic heterocycles. The molecule has 0 aliphatic carbocycles. The number of carbonyl (C=O) groups is 1. The topological polar surface area (TPSA) is 52.9 Å². The fraction of sp³-hybridized carbons (Fsp3) is 0.467. The van der Waals surface area contributed by atoms with Crippen LogP contribution < -0.4 is 5.32 Å². The van der Waals surface area contributed by atoms with Crippen molar-refractivity contribution < 1.29 is 4.79 Å². The van der Waals surface area contributed by atoms with Gasteiger partial charge in [0.25, 0.3) is 0 Å². The Hall–Kier alpha value is -1.82. The van der Waals surface area contributed by atoms with Crippen LogP contribution in [0.15, 0.2) is 24.3 Å². The van der Waals surface area contributed by atoms with Crippen LogP contribution in [-0.2, 0) is 11.2 Å². The number of nitriles is 1. The summed E-state index contributed by atoms with van der Waals surface area (Å²) in [6, 6.07) is 9.29. The number of nitrogens with one attached hydrogen (secondary N) is 1. The van der Waals surface area contributed by atoms with E-state index < -0.39 is 0 Å². The van der Waals surface area contributed by atoms with Gasteiger partial charge >= 0.3 is 0 Å². The van der Waals surface area contributed by atoms with Gasteiger partial charge in [-0.25, -0.2) is 0 Å². The molecule has 0 aliphatic rings. The van der Waals surface area contributed by atoms with Gasteiger partial charge in [0.2, 0.25) is 5.91 Å². The van der Waals surface area contributed by atoms with E-state index in [1.807, 2.05) is 19.1 Å². The van der Waals surface area contributed by atoms with Crippen molar-refractivity contribution in [2.24, 2.45) is 5.41 Å². The number of hydrogen-bond acceptors (Lipinski definition) is 2. The lowest BCUT2D eigenvalue weighted by Crippen LogP contribution is -2.42. The van der Waals surface area contributed by atoms with E-state index >= 15 is 0 Å². The lowest BCUT2D eigenvalue weighted by molar-refractivity contribution is -0.121. The zero-order valence-electron chi connectivity index (χ0n) is 11.4. The summed E-state index contributed by atoms with van der Waals surface area (Å²) in [5, 5.41) is 11.7. The van der Waals surface area contributed by atoms with Crippen molar-refractivity contribution in [3.63, 3.8) is 0 Å². The predicted octanol–water partition coefficient (Wildman–Crippen LogP) is 2.65. The van der Waals surface area contributed by atoms with Crippen molar-refractivity contribution in [2.45, 2.75) is 40.2 Å². The molecule has 1 unspecified atom stereocenters. The lowest BCUT2D eigenvalue weighted by atomic mass is 9.88. The van der Waals surface area contributed by atoms with Crippen LogP contribution in [0.4, 0.5) is 0 Å². The van der Waals surface area contributed by atoms with Gasteiger partial charge in [0.05, 0.1) is 18.1 Å². The van der Waals surface area contributed by atoms with E-state index in [1.165, 1.54) is 0 Å². The van der Waals surface area contributed by atoms with Gasteiger partial charge in [-0.15, -0.1) is 0 Å². The first-order valence-corrected chi connectivity index (χ1v) is 6.11. The molecule has 1 atom stereocenters. The van der Waals surface area contributed by atoms with Crippen LogP contribution in [0, 0.1) is 16.7 Å². The predicted molar refractivity (Wildman–Crippen MR) is 71.9 cm³/mol. The molecule has 1 N–H and O–H groups in total. The van der Waals surface area contributed by atoms with Gasteiger partial charge in [0.1, 0.15) is 0 Å². The molecule has 0 heterocycles. The molecule has 1 amide bonds. The van der Waals surface area contributed by atoms with Crippen molar-refractivity contribution in [1.82, 2.24) is 5.32 Å². The van der Waals surface area contributed by atoms with Crippen LogP contribution in [0.3, 0.4) is 0 Å². The highest BCUT2D eigenvalue weighted by Gasteiger charge is 2.21. The molecule has 18 heavy (non-hydrogen) atoms. The number of carbonyl (C=O) groups excluding carboxylic acids is 1. The third-order valence-corrected chi connectivity index (χ3v) is 3.12. The molecule has 0 saturated heterocycles. The van der Waals surface area contributed by atoms with E-state index in [1.54, 1.807) is 12.1 Å². The molecule has 0 saturated carbocycles. The third kappa shape index (κ3) is 4.21. The Morgan fingerprint density at radius 3 is 2.33 bits per heavy atom. The van der Waals surface area contributed by atoms with Gasteiger partial charge in [-0.1, -0.05) is 32.9 Å². The molecular formula is C15H20N2O. The van der Waals surface area contributed by atoms with E-state index in [0.717, 1.165) is 5.56 Å². The van der Waals surface area contributed by atoms with Gasteiger partial charge in [-0.3, -0.25) is 4.79 Å². The van der Waals surface area contributed by atoms with Crippen molar-refractivity contribution >= 4 is 5.91 Å². The molecular weight excluding hydrogens is 224 g/mol. The normalized spacial score (nSPS) is 12.6. The Bertz CT molecular complexity index is 449. The Morgan fingerprint density at radius 1 is 1.33 bits per heavy atom. The van der Waals surface area contributed by atoms with Gasteiger partial charge in [0.15, 0.2) is 0 Å². The average molecular weight is 244 g/mol. The second-order valence-electron chi connectivity index (χ2n) is 5.64. The highest BCUT2D eigenvalue weighted by Crippen LogP contribution is 2.18. The van der Waals surface area contributed by atoms with E-state index in [4.69, 9.17) is 5.26 Å². The SMILES string of the molecule is CC(NC(=O)Cc1ccc(C#N)cc1)C(C)(C)C. The highest BCUT2D eigenvalue weighted by molar-refractivity contribution is 5.78. The summed E-state index contributed by atoms with van der Waals surface area (Å²) < 4.78 is 0. The van der Waals surface area contributed by atoms with E-state index in [9.17, 15) is 4.79 Å². The molecule has 0 fully saturated rings. The highest BCUT2D eigenvalue weighted by atomic mass is 16.1. The zero-order valence-corrected chi connectivity index (χ0v) is 11.4. The molecule has 1 aromatic carbocycles. The quantitative estimate of drug-likeness (QED) is 0.888. The fourth-order valence-corrected chi connectivity index (χ4v) is 1.39. The summed E-state index contributed by atoms with van der Waals surface area (Å²) in [7, 11) is 0. The van der Waals surface area contributed by atoms with E-state index in [0.29, 0.717) is 12.0 Å². The lowest BCUT2D eigenvalue weighted by Gasteiger charge is -2.28. The van der Waals surface area contributed by atoms with Crippen LogP contribution >= 0.6 is 0 Å². The van der Waals surface area contributed by atoms with Crippen molar-refractivity contribution in [2.75, 3.05) is 0 Å². The van der Waals surface area contributed by atoms with Gasteiger partial charge in [0, 0.05) is 6.04 Å². The van der Waals surface area contributed by atoms with Crippen molar-refractivity contribution in [1.29, 1.82) is 5.26 Å². The smallest absolute Gasteiger partial charge is 0.224 e. The Balaban J connectivity index is 2.57. The maximum atomic E-state index is 11.8. The van der Waals surface area contributed by atoms with Crippen molar-refractivity contribution in [3.05, 3.63) is 35.4 Å². The second-order valence-corrected chi connectivity index (χ2v) is 5.64. The molecule has 0 spiro atoms. The maximum absolute atomic E-state index is 11.8. The molecule has 0 radical (unpaired) electrons. The first-order valence-electron chi connectivity index (χ1n) is 6.11. The fourth-order valence-electron chi connectivity index (χ4n) is 1.39. The Morgan fingerprint density at radius 2 is 1.89 bits per heavy atom. The van der Waals surface area contributed by atoms with Gasteiger partial charge < -0.3 is 5.32 Å². The van der Waals surface area contributed by atoms with E-state index in [-0.39, 0.29) is 17.4 Å². The summed E-state index contributed by atoms with van der Waals surface area (Å²) in [6.07, 6.45) is 0.353. The number of nitrogens with zero attached hydrogens (tertiary/aromatic N) is 1. The largest absolute Gasteiger partial charge is 0.353 e. The number of hydrogen-bond donors (Lipinski definition) is 1. The molecule has 1 rings (SSSR count). The molecule has 1 aromatic rings. The summed E-state index contributed by atoms with van der Waals surface area (Å²) in [6.45, 7) is 8.30. The average Bonchev–Trinajstić information content (AvgIpc) is 2.28. The summed E-state index contributed by atoms with van der Waals surface area (Å²) >= 11 is 0. The first-order chi connectivity index (χ1) is 8.32. The number of amides is 1. The molecule has 0 aromatic heterocycles. The summed E-state index contributed by atoms with van der Waals surface area (Å²) in [5.41, 5.74) is 1.59. The molecule has 96 valence electrons. The summed E-state index contributed by atoms with van der Waals surface area (Å²) in [5.74, 6) is 0.0159. The Kier molecular flexibility index (Phi) is 4.49. The van der Waals surface area contributed by atoms with Gasteiger partial charge in [-0.2, -0.15) is 5.26 Å². The monoisotopic (exact) mass is 244 g/mol. The second kappa shape index (κ2) is 5.68. The van der Waals surface area contributed by atoms with Crippen LogP contribution in [0.2, 0.25) is 0 Å². The maximum Gasteiger partial charge on any atom is 0.224 e. The summed E-state index contributed by atoms with van der Waals surface area (Å²) in [4.78, 5) is 11.8. The van der Waals surface area contributed by atoms with Crippen LogP contribution in [0.1, 0.15) is 38.8 Å². The molecule has 3 heteroatoms. The van der Waals surface area contributed by atoms with Crippen LogP contribution in [0.25, 0.3) is 0 Å². The minimum atomic E-state index is 0.0159. The first kappa shape index (κ1) is 14.2. The molecule has 0 bridgehead atoms. The van der Waals surface area contributed by atoms with Gasteiger partial charge in [-0.05, 0) is 30.0 Å². The Labute approximate surface area is 109 Å². The van der Waals surface area contributed by atoms with Crippen molar-refractivity contribution in [3.8, 4) is 6.07 Å². The van der Waals surface area contributed by atoms with E-state index in [2.05, 4.69) is 32.2 Å². The van der Waals surface area contributed by atoms with Crippen LogP contribution in [-0.4, -0.2) is 11.9 Å². The number of rotatable bonds is 3. The minimum Gasteiger partial charge on any atom is -0.353 e. The molecule has 3 nitrogen and oxygen atoms in total. The number of benzene rings is 1. The zero-order chi connectivity index (χ0) is 13.8. The third-order valence-electron chi connectivity index (χ3n) is 3.12. The standard InChI is InChI=1S/C15H20N2O/c1-11(15(2,3)4)17-14(18)9-12-5-7-13(10-16)8-6-12/h5-8,11H,9H2,1-4H3,(H,17,18). The minimum absolute atomic E-state index is 0.0159. The van der Waals surface area contributed by atoms with Crippen LogP contribution in [0.5, 0.6) is 0 Å².